The van der Waals surface area contributed by atoms with Crippen LogP contribution in [-0.4, -0.2) is 33.7 Å². The van der Waals surface area contributed by atoms with Gasteiger partial charge >= 0.3 is 0 Å². The molecule has 0 unspecified atom stereocenters. The maximum Gasteiger partial charge on any atom is 0.280 e. The molecule has 0 aliphatic carbocycles. The Bertz CT molecular complexity index is 1150. The number of nitrogens with zero attached hydrogens (tertiary/aromatic N) is 3. The third-order valence-electron chi connectivity index (χ3n) is 4.03. The summed E-state index contributed by atoms with van der Waals surface area (Å²) < 4.78 is 1.94. The molecule has 0 atom stereocenters. The van der Waals surface area contributed by atoms with Crippen LogP contribution in [-0.2, 0) is 0 Å². The number of H-pyrrole nitrogens is 1. The average molecular weight is 399 g/mol. The van der Waals surface area contributed by atoms with Crippen LogP contribution in [0.3, 0.4) is 0 Å². The number of nitrogens with one attached hydrogen (secondary N) is 2. The lowest BCUT2D eigenvalue weighted by Gasteiger charge is -2.01. The van der Waals surface area contributed by atoms with Gasteiger partial charge in [-0.15, -0.1) is 0 Å². The van der Waals surface area contributed by atoms with Crippen LogP contribution in [0.15, 0.2) is 58.4 Å². The van der Waals surface area contributed by atoms with Gasteiger partial charge in [-0.25, -0.2) is 10.1 Å². The molecule has 3 aromatic rings. The molecule has 0 aliphatic heterocycles. The van der Waals surface area contributed by atoms with Gasteiger partial charge in [0.15, 0.2) is 7.05 Å². The number of halogens is 1. The number of benzene rings is 2. The summed E-state index contributed by atoms with van der Waals surface area (Å²) in [6.07, 6.45) is 1.26. The van der Waals surface area contributed by atoms with Gasteiger partial charge in [0, 0.05) is 26.4 Å². The number of aryl methyl sites for hydroxylation is 1. The van der Waals surface area contributed by atoms with Crippen molar-refractivity contribution in [3.05, 3.63) is 85.6 Å². The molecule has 1 amide bonds. The minimum absolute atomic E-state index is 0.180. The van der Waals surface area contributed by atoms with Crippen molar-refractivity contribution < 1.29 is 9.55 Å². The van der Waals surface area contributed by atoms with Crippen LogP contribution in [0.4, 0.5) is 5.69 Å². The molecule has 8 nitrogen and oxygen atoms in total. The van der Waals surface area contributed by atoms with E-state index in [1.165, 1.54) is 30.1 Å². The van der Waals surface area contributed by atoms with Crippen molar-refractivity contribution in [2.24, 2.45) is 5.10 Å². The van der Waals surface area contributed by atoms with Crippen molar-refractivity contribution in [3.63, 3.8) is 0 Å². The normalized spacial score (nSPS) is 11.0. The fourth-order valence-corrected chi connectivity index (χ4v) is 2.85. The quantitative estimate of drug-likeness (QED) is 0.392. The van der Waals surface area contributed by atoms with E-state index in [0.29, 0.717) is 21.2 Å². The summed E-state index contributed by atoms with van der Waals surface area (Å²) in [4.78, 5) is 36.5. The molecule has 0 bridgehead atoms. The highest BCUT2D eigenvalue weighted by atomic mass is 35.5. The number of amides is 1. The first-order valence-corrected chi connectivity index (χ1v) is 8.67. The predicted molar refractivity (Wildman–Crippen MR) is 107 cm³/mol. The van der Waals surface area contributed by atoms with Crippen LogP contribution in [0.25, 0.3) is 5.69 Å². The fourth-order valence-electron chi connectivity index (χ4n) is 2.66. The second-order valence-corrected chi connectivity index (χ2v) is 6.42. The number of para-hydroxylation sites is 1. The third kappa shape index (κ3) is 3.91. The van der Waals surface area contributed by atoms with E-state index in [0.717, 1.165) is 0 Å². The Morgan fingerprint density at radius 2 is 2.00 bits per heavy atom. The van der Waals surface area contributed by atoms with Crippen LogP contribution in [0.5, 0.6) is 0 Å². The maximum absolute atomic E-state index is 12.6. The minimum Gasteiger partial charge on any atom is -0.295 e. The van der Waals surface area contributed by atoms with E-state index in [1.54, 1.807) is 43.3 Å². The lowest BCUT2D eigenvalue weighted by molar-refractivity contribution is -0.428. The van der Waals surface area contributed by atoms with Gasteiger partial charge < -0.3 is 0 Å². The number of nitroso groups, excluding NO2 is 1. The average Bonchev–Trinajstić information content (AvgIpc) is 2.96. The van der Waals surface area contributed by atoms with Gasteiger partial charge in [0.25, 0.3) is 17.2 Å². The van der Waals surface area contributed by atoms with E-state index in [9.17, 15) is 14.5 Å². The Morgan fingerprint density at radius 1 is 1.25 bits per heavy atom. The zero-order valence-electron chi connectivity index (χ0n) is 15.1. The van der Waals surface area contributed by atoms with Gasteiger partial charge in [-0.2, -0.15) is 5.10 Å². The molecular formula is C19H17ClN5O3+. The van der Waals surface area contributed by atoms with Gasteiger partial charge in [0.1, 0.15) is 5.56 Å². The van der Waals surface area contributed by atoms with Crippen LogP contribution in [0.1, 0.15) is 21.6 Å². The van der Waals surface area contributed by atoms with E-state index in [4.69, 9.17) is 11.6 Å². The Morgan fingerprint density at radius 3 is 2.71 bits per heavy atom. The monoisotopic (exact) mass is 398 g/mol. The van der Waals surface area contributed by atoms with Crippen molar-refractivity contribution in [1.29, 1.82) is 0 Å². The molecule has 2 aromatic carbocycles. The summed E-state index contributed by atoms with van der Waals surface area (Å²) in [5.74, 6) is -0.557. The molecule has 0 saturated heterocycles. The number of carbonyl (C=O) groups is 1. The molecular weight excluding hydrogens is 382 g/mol. The summed E-state index contributed by atoms with van der Waals surface area (Å²) in [6, 6.07) is 13.2. The number of rotatable bonds is 5. The summed E-state index contributed by atoms with van der Waals surface area (Å²) in [7, 11) is 1.30. The van der Waals surface area contributed by atoms with Crippen LogP contribution in [0, 0.1) is 11.8 Å². The van der Waals surface area contributed by atoms with E-state index in [2.05, 4.69) is 15.6 Å². The van der Waals surface area contributed by atoms with E-state index < -0.39 is 5.91 Å². The van der Waals surface area contributed by atoms with Crippen LogP contribution >= 0.6 is 11.6 Å². The van der Waals surface area contributed by atoms with Gasteiger partial charge in [-0.1, -0.05) is 29.8 Å². The van der Waals surface area contributed by atoms with Crippen molar-refractivity contribution in [2.45, 2.75) is 6.92 Å². The summed E-state index contributed by atoms with van der Waals surface area (Å²) in [5.41, 5.74) is 3.84. The number of hydrazone groups is 1. The second-order valence-electron chi connectivity index (χ2n) is 5.98. The van der Waals surface area contributed by atoms with Gasteiger partial charge in [0.2, 0.25) is 0 Å². The fraction of sp³-hybridized carbons (Fsp3) is 0.105. The highest BCUT2D eigenvalue weighted by Gasteiger charge is 2.19. The van der Waals surface area contributed by atoms with Crippen molar-refractivity contribution >= 4 is 29.4 Å². The lowest BCUT2D eigenvalue weighted by atomic mass is 10.1. The van der Waals surface area contributed by atoms with Gasteiger partial charge in [-0.3, -0.25) is 14.7 Å². The number of hydrogen-bond donors (Lipinski definition) is 2. The van der Waals surface area contributed by atoms with Crippen molar-refractivity contribution in [1.82, 2.24) is 15.2 Å². The van der Waals surface area contributed by atoms with Crippen LogP contribution in [0.2, 0.25) is 5.02 Å². The van der Waals surface area contributed by atoms with Gasteiger partial charge in [-0.05, 0) is 31.2 Å². The maximum atomic E-state index is 12.6. The summed E-state index contributed by atoms with van der Waals surface area (Å²) >= 11 is 5.98. The van der Waals surface area contributed by atoms with E-state index in [1.807, 2.05) is 0 Å². The Hall–Kier alpha value is -3.52. The van der Waals surface area contributed by atoms with E-state index >= 15 is 0 Å². The summed E-state index contributed by atoms with van der Waals surface area (Å²) in [5, 5.41) is 7.31. The largest absolute Gasteiger partial charge is 0.295 e. The van der Waals surface area contributed by atoms with Crippen molar-refractivity contribution in [2.75, 3.05) is 7.05 Å². The number of carbonyl (C=O) groups excluding carboxylic acids is 1. The Labute approximate surface area is 165 Å². The summed E-state index contributed by atoms with van der Waals surface area (Å²) in [6.45, 7) is 1.72. The molecule has 0 saturated carbocycles. The molecule has 142 valence electrons. The Kier molecular flexibility index (Phi) is 5.51. The molecule has 1 aromatic heterocycles. The molecule has 0 radical (unpaired) electrons. The molecule has 3 rings (SSSR count). The first kappa shape index (κ1) is 19.2. The molecule has 1 heterocycles. The third-order valence-corrected chi connectivity index (χ3v) is 4.27. The molecule has 2 N–H and O–H groups in total. The highest BCUT2D eigenvalue weighted by Crippen LogP contribution is 2.17. The molecule has 9 heteroatoms. The highest BCUT2D eigenvalue weighted by molar-refractivity contribution is 6.30. The van der Waals surface area contributed by atoms with Crippen LogP contribution < -0.4 is 11.0 Å². The Balaban J connectivity index is 1.83. The standard InChI is InChI=1S/C19H16ClN5O3/c1-12-16(19(27)25(23-12)14-7-5-6-13(20)10-14)11-21-22-18(26)15-8-3-4-9-17(15)24(2)28/h3-11H,1-2H3,(H-,21,22,23,26,27,28)/p+1. The lowest BCUT2D eigenvalue weighted by Crippen LogP contribution is -2.21. The predicted octanol–water partition coefficient (Wildman–Crippen LogP) is 2.93. The smallest absolute Gasteiger partial charge is 0.280 e. The van der Waals surface area contributed by atoms with Gasteiger partial charge in [0.05, 0.1) is 17.5 Å². The minimum atomic E-state index is -0.557. The first-order chi connectivity index (χ1) is 13.4. The molecule has 0 aliphatic rings. The zero-order chi connectivity index (χ0) is 20.3. The second kappa shape index (κ2) is 8.01. The number of hydrogen-bond acceptors (Lipinski definition) is 4. The van der Waals surface area contributed by atoms with E-state index in [-0.39, 0.29) is 22.4 Å². The first-order valence-electron chi connectivity index (χ1n) is 8.29. The number of aromatic amines is 1. The molecule has 0 spiro atoms. The van der Waals surface area contributed by atoms with Crippen molar-refractivity contribution in [3.8, 4) is 5.69 Å². The SMILES string of the molecule is Cc1[nH]n(-c2cccc(Cl)c2)c(=O)c1C=NNC(=O)c1ccccc1[N+](C)=O. The number of aromatic nitrogens is 2. The topological polar surface area (TPSA) is 99.3 Å². The zero-order valence-corrected chi connectivity index (χ0v) is 15.9. The molecule has 28 heavy (non-hydrogen) atoms. The molecule has 0 fully saturated rings.